The van der Waals surface area contributed by atoms with Gasteiger partial charge in [-0.05, 0) is 12.1 Å². The molecule has 0 spiro atoms. The summed E-state index contributed by atoms with van der Waals surface area (Å²) in [4.78, 5) is 11.2. The molecule has 0 aliphatic rings. The van der Waals surface area contributed by atoms with Crippen LogP contribution in [0.2, 0.25) is 0 Å². The number of benzene rings is 1. The molecule has 2 aromatic rings. The van der Waals surface area contributed by atoms with Gasteiger partial charge < -0.3 is 14.3 Å². The molecule has 0 atom stereocenters. The first kappa shape index (κ1) is 14.4. The van der Waals surface area contributed by atoms with Gasteiger partial charge in [-0.2, -0.15) is 13.2 Å². The largest absolute Gasteiger partial charge is 0.493 e. The third kappa shape index (κ3) is 3.11. The van der Waals surface area contributed by atoms with Crippen LogP contribution in [0.5, 0.6) is 5.75 Å². The summed E-state index contributed by atoms with van der Waals surface area (Å²) in [5, 5.41) is 8.41. The van der Waals surface area contributed by atoms with E-state index < -0.39 is 17.4 Å². The molecule has 1 aromatic heterocycles. The Kier molecular flexibility index (Phi) is 3.99. The van der Waals surface area contributed by atoms with Gasteiger partial charge >= 0.3 is 11.8 Å². The number of ether oxygens (including phenoxy) is 1. The fourth-order valence-corrected chi connectivity index (χ4v) is 1.72. The average molecular weight is 288 g/mol. The van der Waals surface area contributed by atoms with Crippen molar-refractivity contribution < 1.29 is 27.4 Å². The standard InChI is InChI=1S/C13H11F3O4/c14-13(15,16)10-7-12(18)20-11-6-8(2-3-9(10)11)19-5-1-4-17/h2-3,6-7,17H,1,4-5H2. The molecule has 0 amide bonds. The van der Waals surface area contributed by atoms with E-state index in [1.807, 2.05) is 0 Å². The van der Waals surface area contributed by atoms with E-state index in [9.17, 15) is 18.0 Å². The number of aliphatic hydroxyl groups is 1. The molecule has 0 radical (unpaired) electrons. The third-order valence-corrected chi connectivity index (χ3v) is 2.59. The highest BCUT2D eigenvalue weighted by atomic mass is 19.4. The van der Waals surface area contributed by atoms with Gasteiger partial charge in [-0.3, -0.25) is 0 Å². The number of halogens is 3. The lowest BCUT2D eigenvalue weighted by Gasteiger charge is -2.10. The van der Waals surface area contributed by atoms with Gasteiger partial charge in [0.05, 0.1) is 12.2 Å². The molecule has 0 unspecified atom stereocenters. The monoisotopic (exact) mass is 288 g/mol. The lowest BCUT2D eigenvalue weighted by molar-refractivity contribution is -0.136. The Labute approximate surface area is 111 Å². The number of hydrogen-bond acceptors (Lipinski definition) is 4. The smallest absolute Gasteiger partial charge is 0.417 e. The van der Waals surface area contributed by atoms with Gasteiger partial charge in [0.2, 0.25) is 0 Å². The van der Waals surface area contributed by atoms with Crippen molar-refractivity contribution in [3.8, 4) is 5.75 Å². The molecule has 108 valence electrons. The minimum Gasteiger partial charge on any atom is -0.493 e. The highest BCUT2D eigenvalue weighted by molar-refractivity contribution is 5.82. The maximum atomic E-state index is 12.8. The Morgan fingerprint density at radius 2 is 2.00 bits per heavy atom. The van der Waals surface area contributed by atoms with E-state index in [-0.39, 0.29) is 29.9 Å². The summed E-state index contributed by atoms with van der Waals surface area (Å²) in [6, 6.07) is 4.20. The first-order chi connectivity index (χ1) is 9.41. The highest BCUT2D eigenvalue weighted by Gasteiger charge is 2.33. The number of fused-ring (bicyclic) bond motifs is 1. The maximum Gasteiger partial charge on any atom is 0.417 e. The van der Waals surface area contributed by atoms with Crippen LogP contribution in [0.3, 0.4) is 0 Å². The molecule has 7 heteroatoms. The van der Waals surface area contributed by atoms with Gasteiger partial charge in [0.1, 0.15) is 11.3 Å². The Morgan fingerprint density at radius 3 is 2.65 bits per heavy atom. The zero-order valence-corrected chi connectivity index (χ0v) is 10.2. The van der Waals surface area contributed by atoms with Crippen LogP contribution in [0.15, 0.2) is 33.5 Å². The molecule has 1 heterocycles. The second kappa shape index (κ2) is 5.54. The van der Waals surface area contributed by atoms with Crippen LogP contribution in [-0.4, -0.2) is 18.3 Å². The fourth-order valence-electron chi connectivity index (χ4n) is 1.72. The molecule has 0 saturated carbocycles. The Hall–Kier alpha value is -2.02. The molecular formula is C13H11F3O4. The highest BCUT2D eigenvalue weighted by Crippen LogP contribution is 2.34. The number of rotatable bonds is 4. The van der Waals surface area contributed by atoms with E-state index >= 15 is 0 Å². The van der Waals surface area contributed by atoms with Crippen molar-refractivity contribution in [1.82, 2.24) is 0 Å². The van der Waals surface area contributed by atoms with Gasteiger partial charge in [0.25, 0.3) is 0 Å². The summed E-state index contributed by atoms with van der Waals surface area (Å²) in [7, 11) is 0. The molecule has 0 saturated heterocycles. The zero-order valence-electron chi connectivity index (χ0n) is 10.2. The predicted octanol–water partition coefficient (Wildman–Crippen LogP) is 2.57. The van der Waals surface area contributed by atoms with Gasteiger partial charge in [0, 0.05) is 30.5 Å². The van der Waals surface area contributed by atoms with E-state index in [0.29, 0.717) is 12.5 Å². The summed E-state index contributed by atoms with van der Waals surface area (Å²) in [6.07, 6.45) is -4.24. The minimum absolute atomic E-state index is 0.0547. The van der Waals surface area contributed by atoms with E-state index in [1.54, 1.807) is 0 Å². The first-order valence-corrected chi connectivity index (χ1v) is 5.80. The molecule has 0 fully saturated rings. The number of aliphatic hydroxyl groups excluding tert-OH is 1. The molecule has 1 aromatic carbocycles. The molecule has 2 rings (SSSR count). The van der Waals surface area contributed by atoms with Crippen LogP contribution in [0.1, 0.15) is 12.0 Å². The normalized spacial score (nSPS) is 11.8. The lowest BCUT2D eigenvalue weighted by atomic mass is 10.1. The van der Waals surface area contributed by atoms with E-state index in [4.69, 9.17) is 14.3 Å². The molecule has 0 aliphatic heterocycles. The third-order valence-electron chi connectivity index (χ3n) is 2.59. The van der Waals surface area contributed by atoms with Crippen LogP contribution in [0, 0.1) is 0 Å². The van der Waals surface area contributed by atoms with Crippen molar-refractivity contribution in [3.63, 3.8) is 0 Å². The van der Waals surface area contributed by atoms with E-state index in [2.05, 4.69) is 0 Å². The summed E-state index contributed by atoms with van der Waals surface area (Å²) in [5.41, 5.74) is -2.30. The van der Waals surface area contributed by atoms with Crippen LogP contribution in [0.4, 0.5) is 13.2 Å². The topological polar surface area (TPSA) is 59.7 Å². The summed E-state index contributed by atoms with van der Waals surface area (Å²) in [5.74, 6) is 0.272. The lowest BCUT2D eigenvalue weighted by Crippen LogP contribution is -2.11. The summed E-state index contributed by atoms with van der Waals surface area (Å²) in [6.45, 7) is 0.159. The summed E-state index contributed by atoms with van der Waals surface area (Å²) < 4.78 is 48.4. The molecule has 4 nitrogen and oxygen atoms in total. The van der Waals surface area contributed by atoms with Crippen molar-refractivity contribution in [2.45, 2.75) is 12.6 Å². The second-order valence-corrected chi connectivity index (χ2v) is 4.06. The number of alkyl halides is 3. The van der Waals surface area contributed by atoms with Crippen LogP contribution < -0.4 is 10.4 Å². The van der Waals surface area contributed by atoms with Crippen molar-refractivity contribution in [2.24, 2.45) is 0 Å². The van der Waals surface area contributed by atoms with Gasteiger partial charge in [-0.15, -0.1) is 0 Å². The molecule has 20 heavy (non-hydrogen) atoms. The average Bonchev–Trinajstić information content (AvgIpc) is 2.36. The van der Waals surface area contributed by atoms with Crippen molar-refractivity contribution in [3.05, 3.63) is 40.2 Å². The van der Waals surface area contributed by atoms with Crippen molar-refractivity contribution in [2.75, 3.05) is 13.2 Å². The van der Waals surface area contributed by atoms with Crippen molar-refractivity contribution >= 4 is 11.0 Å². The van der Waals surface area contributed by atoms with Crippen LogP contribution >= 0.6 is 0 Å². The first-order valence-electron chi connectivity index (χ1n) is 5.80. The molecule has 0 aliphatic carbocycles. The van der Waals surface area contributed by atoms with Crippen LogP contribution in [-0.2, 0) is 6.18 Å². The van der Waals surface area contributed by atoms with Gasteiger partial charge in [-0.25, -0.2) is 4.79 Å². The molecular weight excluding hydrogens is 277 g/mol. The summed E-state index contributed by atoms with van der Waals surface area (Å²) >= 11 is 0. The fraction of sp³-hybridized carbons (Fsp3) is 0.308. The second-order valence-electron chi connectivity index (χ2n) is 4.06. The van der Waals surface area contributed by atoms with Gasteiger partial charge in [-0.1, -0.05) is 0 Å². The maximum absolute atomic E-state index is 12.8. The van der Waals surface area contributed by atoms with Crippen molar-refractivity contribution in [1.29, 1.82) is 0 Å². The quantitative estimate of drug-likeness (QED) is 0.694. The number of hydrogen-bond donors (Lipinski definition) is 1. The van der Waals surface area contributed by atoms with Crippen LogP contribution in [0.25, 0.3) is 11.0 Å². The zero-order chi connectivity index (χ0) is 14.8. The molecule has 0 bridgehead atoms. The Bertz CT molecular complexity index is 661. The van der Waals surface area contributed by atoms with E-state index in [1.165, 1.54) is 18.2 Å². The predicted molar refractivity (Wildman–Crippen MR) is 64.7 cm³/mol. The Morgan fingerprint density at radius 1 is 1.25 bits per heavy atom. The Balaban J connectivity index is 2.46. The minimum atomic E-state index is -4.63. The van der Waals surface area contributed by atoms with Gasteiger partial charge in [0.15, 0.2) is 0 Å². The SMILES string of the molecule is O=c1cc(C(F)(F)F)c2ccc(OCCCO)cc2o1. The molecule has 1 N–H and O–H groups in total. The van der Waals surface area contributed by atoms with E-state index in [0.717, 1.165) is 0 Å².